The molecule has 1 unspecified atom stereocenters. The molecule has 2 N–H and O–H groups in total. The summed E-state index contributed by atoms with van der Waals surface area (Å²) in [7, 11) is -3.01. The summed E-state index contributed by atoms with van der Waals surface area (Å²) in [6.45, 7) is 2.85. The zero-order chi connectivity index (χ0) is 15.3. The smallest absolute Gasteiger partial charge is 0.253 e. The average molecular weight is 310 g/mol. The Hall–Kier alpha value is -1.56. The van der Waals surface area contributed by atoms with E-state index in [0.29, 0.717) is 12.0 Å². The summed E-state index contributed by atoms with van der Waals surface area (Å²) in [6, 6.07) is 7.02. The van der Waals surface area contributed by atoms with Crippen LogP contribution in [0.25, 0.3) is 0 Å². The van der Waals surface area contributed by atoms with Crippen LogP contribution in [0.1, 0.15) is 36.5 Å². The van der Waals surface area contributed by atoms with Crippen molar-refractivity contribution in [2.24, 2.45) is 0 Å². The van der Waals surface area contributed by atoms with E-state index in [1.165, 1.54) is 0 Å². The quantitative estimate of drug-likeness (QED) is 0.870. The van der Waals surface area contributed by atoms with Gasteiger partial charge < -0.3 is 10.6 Å². The number of benzene rings is 1. The maximum absolute atomic E-state index is 12.4. The summed E-state index contributed by atoms with van der Waals surface area (Å²) in [6.07, 6.45) is 2.30. The van der Waals surface area contributed by atoms with Crippen LogP contribution in [-0.4, -0.2) is 38.4 Å². The van der Waals surface area contributed by atoms with E-state index in [9.17, 15) is 13.2 Å². The van der Waals surface area contributed by atoms with E-state index in [0.717, 1.165) is 25.1 Å². The molecule has 1 aromatic carbocycles. The Balaban J connectivity index is 2.06. The Bertz CT molecular complexity index is 599. The van der Waals surface area contributed by atoms with Gasteiger partial charge in [0.2, 0.25) is 0 Å². The van der Waals surface area contributed by atoms with E-state index in [1.807, 2.05) is 18.2 Å². The first-order valence-corrected chi connectivity index (χ1v) is 9.18. The van der Waals surface area contributed by atoms with Crippen LogP contribution in [0.4, 0.5) is 5.69 Å². The number of anilines is 1. The summed E-state index contributed by atoms with van der Waals surface area (Å²) < 4.78 is 23.2. The van der Waals surface area contributed by atoms with Crippen LogP contribution in [0.3, 0.4) is 0 Å². The molecule has 1 aliphatic rings. The molecule has 1 aliphatic heterocycles. The number of nitrogens with one attached hydrogen (secondary N) is 2. The second kappa shape index (κ2) is 6.93. The highest BCUT2D eigenvalue weighted by Crippen LogP contribution is 2.17. The van der Waals surface area contributed by atoms with Crippen LogP contribution in [0.15, 0.2) is 24.3 Å². The zero-order valence-corrected chi connectivity index (χ0v) is 13.1. The van der Waals surface area contributed by atoms with Gasteiger partial charge in [0.1, 0.15) is 0 Å². The van der Waals surface area contributed by atoms with E-state index in [2.05, 4.69) is 17.6 Å². The van der Waals surface area contributed by atoms with E-state index < -0.39 is 9.84 Å². The number of hydrogen-bond donors (Lipinski definition) is 2. The Morgan fingerprint density at radius 3 is 2.81 bits per heavy atom. The average Bonchev–Trinajstić information content (AvgIpc) is 2.44. The van der Waals surface area contributed by atoms with Crippen molar-refractivity contribution in [2.45, 2.75) is 32.2 Å². The Labute approximate surface area is 126 Å². The fourth-order valence-electron chi connectivity index (χ4n) is 2.49. The topological polar surface area (TPSA) is 75.3 Å². The fourth-order valence-corrected chi connectivity index (χ4v) is 4.13. The van der Waals surface area contributed by atoms with Crippen molar-refractivity contribution in [3.8, 4) is 0 Å². The van der Waals surface area contributed by atoms with Gasteiger partial charge in [-0.25, -0.2) is 8.42 Å². The molecule has 2 rings (SSSR count). The summed E-state index contributed by atoms with van der Waals surface area (Å²) in [4.78, 5) is 12.4. The molecule has 0 bridgehead atoms. The molecule has 0 spiro atoms. The minimum atomic E-state index is -3.01. The number of hydrogen-bond acceptors (Lipinski definition) is 4. The number of carbonyl (C=O) groups excluding carboxylic acids is 1. The third kappa shape index (κ3) is 4.46. The number of amides is 1. The van der Waals surface area contributed by atoms with Crippen molar-refractivity contribution in [1.29, 1.82) is 0 Å². The minimum absolute atomic E-state index is 0.0449. The number of rotatable bonds is 5. The van der Waals surface area contributed by atoms with Gasteiger partial charge in [0, 0.05) is 18.3 Å². The maximum atomic E-state index is 12.4. The van der Waals surface area contributed by atoms with Gasteiger partial charge in [-0.1, -0.05) is 19.1 Å². The minimum Gasteiger partial charge on any atom is -0.384 e. The number of sulfone groups is 1. The van der Waals surface area contributed by atoms with Crippen molar-refractivity contribution in [2.75, 3.05) is 23.4 Å². The van der Waals surface area contributed by atoms with E-state index in [4.69, 9.17) is 0 Å². The molecule has 1 amide bonds. The highest BCUT2D eigenvalue weighted by atomic mass is 32.2. The summed E-state index contributed by atoms with van der Waals surface area (Å²) in [5.74, 6) is 0.0634. The predicted octanol–water partition coefficient (Wildman–Crippen LogP) is 1.82. The number of para-hydroxylation sites is 1. The van der Waals surface area contributed by atoms with Gasteiger partial charge >= 0.3 is 0 Å². The predicted molar refractivity (Wildman–Crippen MR) is 84.4 cm³/mol. The van der Waals surface area contributed by atoms with Crippen molar-refractivity contribution in [3.63, 3.8) is 0 Å². The largest absolute Gasteiger partial charge is 0.384 e. The first-order valence-electron chi connectivity index (χ1n) is 7.36. The molecule has 1 heterocycles. The second-order valence-corrected chi connectivity index (χ2v) is 7.63. The Morgan fingerprint density at radius 2 is 2.10 bits per heavy atom. The normalized spacial score (nSPS) is 20.7. The lowest BCUT2D eigenvalue weighted by atomic mass is 10.1. The first kappa shape index (κ1) is 15.8. The fraction of sp³-hybridized carbons (Fsp3) is 0.533. The molecular weight excluding hydrogens is 288 g/mol. The van der Waals surface area contributed by atoms with Crippen LogP contribution < -0.4 is 10.6 Å². The molecule has 1 atom stereocenters. The monoisotopic (exact) mass is 310 g/mol. The van der Waals surface area contributed by atoms with Gasteiger partial charge in [0.15, 0.2) is 9.84 Å². The molecule has 6 heteroatoms. The lowest BCUT2D eigenvalue weighted by Gasteiger charge is -2.23. The molecular formula is C15H22N2O3S. The number of carbonyl (C=O) groups is 1. The van der Waals surface area contributed by atoms with Crippen molar-refractivity contribution < 1.29 is 13.2 Å². The summed E-state index contributed by atoms with van der Waals surface area (Å²) >= 11 is 0. The highest BCUT2D eigenvalue weighted by Gasteiger charge is 2.26. The standard InChI is InChI=1S/C15H22N2O3S/c1-2-9-16-14-8-4-3-7-13(14)15(18)17-12-6-5-10-21(19,20)11-12/h3-4,7-8,12,16H,2,5-6,9-11H2,1H3,(H,17,18). The van der Waals surface area contributed by atoms with Gasteiger partial charge in [-0.3, -0.25) is 4.79 Å². The van der Waals surface area contributed by atoms with Gasteiger partial charge in [-0.2, -0.15) is 0 Å². The Kier molecular flexibility index (Phi) is 5.22. The second-order valence-electron chi connectivity index (χ2n) is 5.40. The third-order valence-electron chi connectivity index (χ3n) is 3.54. The van der Waals surface area contributed by atoms with Crippen molar-refractivity contribution >= 4 is 21.4 Å². The molecule has 21 heavy (non-hydrogen) atoms. The molecule has 5 nitrogen and oxygen atoms in total. The molecule has 1 fully saturated rings. The maximum Gasteiger partial charge on any atom is 0.253 e. The van der Waals surface area contributed by atoms with Crippen LogP contribution in [0.5, 0.6) is 0 Å². The van der Waals surface area contributed by atoms with Gasteiger partial charge in [-0.15, -0.1) is 0 Å². The van der Waals surface area contributed by atoms with Gasteiger partial charge in [-0.05, 0) is 31.4 Å². The zero-order valence-electron chi connectivity index (χ0n) is 12.3. The van der Waals surface area contributed by atoms with E-state index in [-0.39, 0.29) is 23.5 Å². The van der Waals surface area contributed by atoms with Crippen LogP contribution >= 0.6 is 0 Å². The third-order valence-corrected chi connectivity index (χ3v) is 5.36. The molecule has 1 aromatic rings. The Morgan fingerprint density at radius 1 is 1.33 bits per heavy atom. The first-order chi connectivity index (χ1) is 10.0. The molecule has 0 aromatic heterocycles. The van der Waals surface area contributed by atoms with E-state index >= 15 is 0 Å². The van der Waals surface area contributed by atoms with Crippen molar-refractivity contribution in [3.05, 3.63) is 29.8 Å². The van der Waals surface area contributed by atoms with Crippen LogP contribution in [0.2, 0.25) is 0 Å². The SMILES string of the molecule is CCCNc1ccccc1C(=O)NC1CCCS(=O)(=O)C1. The molecule has 0 aliphatic carbocycles. The van der Waals surface area contributed by atoms with E-state index in [1.54, 1.807) is 6.07 Å². The molecule has 0 saturated carbocycles. The molecule has 116 valence electrons. The lowest BCUT2D eigenvalue weighted by molar-refractivity contribution is 0.0939. The summed E-state index contributed by atoms with van der Waals surface area (Å²) in [5, 5.41) is 6.07. The lowest BCUT2D eigenvalue weighted by Crippen LogP contribution is -2.43. The summed E-state index contributed by atoms with van der Waals surface area (Å²) in [5.41, 5.74) is 1.35. The van der Waals surface area contributed by atoms with Crippen LogP contribution in [0, 0.1) is 0 Å². The molecule has 1 saturated heterocycles. The van der Waals surface area contributed by atoms with Gasteiger partial charge in [0.25, 0.3) is 5.91 Å². The van der Waals surface area contributed by atoms with Gasteiger partial charge in [0.05, 0.1) is 17.1 Å². The molecule has 0 radical (unpaired) electrons. The highest BCUT2D eigenvalue weighted by molar-refractivity contribution is 7.91. The van der Waals surface area contributed by atoms with Crippen LogP contribution in [-0.2, 0) is 9.84 Å². The van der Waals surface area contributed by atoms with Crippen molar-refractivity contribution in [1.82, 2.24) is 5.32 Å².